The molecule has 0 bridgehead atoms. The molecule has 0 aromatic heterocycles. The second-order valence-corrected chi connectivity index (χ2v) is 5.91. The first-order valence-corrected chi connectivity index (χ1v) is 6.28. The molecule has 0 aromatic carbocycles. The van der Waals surface area contributed by atoms with Crippen LogP contribution in [0.4, 0.5) is 0 Å². The van der Waals surface area contributed by atoms with Crippen LogP contribution in [0.3, 0.4) is 0 Å². The first-order valence-electron chi connectivity index (χ1n) is 4.67. The fourth-order valence-electron chi connectivity index (χ4n) is 1.92. The van der Waals surface area contributed by atoms with Gasteiger partial charge in [-0.1, -0.05) is 6.92 Å². The summed E-state index contributed by atoms with van der Waals surface area (Å²) in [6, 6.07) is 0.145. The van der Waals surface area contributed by atoms with Crippen molar-refractivity contribution in [1.82, 2.24) is 4.31 Å². The molecule has 0 aromatic rings. The molecule has 0 aliphatic carbocycles. The Morgan fingerprint density at radius 2 is 2.08 bits per heavy atom. The van der Waals surface area contributed by atoms with Crippen LogP contribution in [0.25, 0.3) is 0 Å². The molecular formula is C8H18N2O2S. The van der Waals surface area contributed by atoms with Gasteiger partial charge in [0.2, 0.25) is 10.0 Å². The van der Waals surface area contributed by atoms with E-state index in [-0.39, 0.29) is 18.3 Å². The standard InChI is InChI=1S/C8H18N2O2S/c1-7-5-8(2)10(6-7)13(11,12)4-3-9/h7-8H,3-6,9H2,1-2H3. The predicted octanol–water partition coefficient (Wildman–Crippen LogP) is 0.00520. The van der Waals surface area contributed by atoms with Crippen molar-refractivity contribution in [3.63, 3.8) is 0 Å². The van der Waals surface area contributed by atoms with Gasteiger partial charge in [0.05, 0.1) is 5.75 Å². The minimum atomic E-state index is -3.08. The van der Waals surface area contributed by atoms with Crippen LogP contribution in [-0.2, 0) is 10.0 Å². The molecule has 0 saturated carbocycles. The molecule has 78 valence electrons. The number of hydrogen-bond acceptors (Lipinski definition) is 3. The Morgan fingerprint density at radius 3 is 2.46 bits per heavy atom. The molecule has 0 spiro atoms. The van der Waals surface area contributed by atoms with Crippen molar-refractivity contribution in [2.45, 2.75) is 26.3 Å². The van der Waals surface area contributed by atoms with E-state index in [4.69, 9.17) is 5.73 Å². The van der Waals surface area contributed by atoms with Crippen molar-refractivity contribution in [3.05, 3.63) is 0 Å². The van der Waals surface area contributed by atoms with Gasteiger partial charge in [0, 0.05) is 19.1 Å². The highest BCUT2D eigenvalue weighted by Crippen LogP contribution is 2.25. The Bertz CT molecular complexity index is 263. The van der Waals surface area contributed by atoms with E-state index in [2.05, 4.69) is 6.92 Å². The van der Waals surface area contributed by atoms with Crippen molar-refractivity contribution in [2.24, 2.45) is 11.7 Å². The van der Waals surface area contributed by atoms with E-state index in [1.165, 1.54) is 0 Å². The first kappa shape index (κ1) is 10.9. The Balaban J connectivity index is 2.72. The number of sulfonamides is 1. The molecule has 5 heteroatoms. The van der Waals surface area contributed by atoms with Crippen molar-refractivity contribution in [1.29, 1.82) is 0 Å². The molecule has 1 saturated heterocycles. The minimum Gasteiger partial charge on any atom is -0.329 e. The monoisotopic (exact) mass is 206 g/mol. The number of hydrogen-bond donors (Lipinski definition) is 1. The molecule has 1 aliphatic heterocycles. The summed E-state index contributed by atoms with van der Waals surface area (Å²) in [4.78, 5) is 0. The first-order chi connectivity index (χ1) is 5.97. The summed E-state index contributed by atoms with van der Waals surface area (Å²) >= 11 is 0. The maximum Gasteiger partial charge on any atom is 0.215 e. The van der Waals surface area contributed by atoms with E-state index in [1.807, 2.05) is 6.92 Å². The zero-order valence-electron chi connectivity index (χ0n) is 8.23. The molecule has 1 heterocycles. The normalized spacial score (nSPS) is 31.0. The summed E-state index contributed by atoms with van der Waals surface area (Å²) < 4.78 is 24.9. The highest BCUT2D eigenvalue weighted by Gasteiger charge is 2.34. The maximum absolute atomic E-state index is 11.6. The molecule has 1 aliphatic rings. The summed E-state index contributed by atoms with van der Waals surface area (Å²) in [5.41, 5.74) is 5.26. The summed E-state index contributed by atoms with van der Waals surface area (Å²) in [5, 5.41) is 0. The molecule has 4 nitrogen and oxygen atoms in total. The van der Waals surface area contributed by atoms with Gasteiger partial charge in [-0.2, -0.15) is 4.31 Å². The van der Waals surface area contributed by atoms with Crippen LogP contribution in [0, 0.1) is 5.92 Å². The zero-order valence-corrected chi connectivity index (χ0v) is 9.05. The largest absolute Gasteiger partial charge is 0.329 e. The van der Waals surface area contributed by atoms with Gasteiger partial charge in [0.1, 0.15) is 0 Å². The summed E-state index contributed by atoms with van der Waals surface area (Å²) in [7, 11) is -3.08. The van der Waals surface area contributed by atoms with Crippen LogP contribution in [-0.4, -0.2) is 37.6 Å². The van der Waals surface area contributed by atoms with Crippen LogP contribution < -0.4 is 5.73 Å². The number of nitrogens with zero attached hydrogens (tertiary/aromatic N) is 1. The topological polar surface area (TPSA) is 63.4 Å². The van der Waals surface area contributed by atoms with Gasteiger partial charge in [-0.3, -0.25) is 0 Å². The van der Waals surface area contributed by atoms with Crippen LogP contribution in [0.1, 0.15) is 20.3 Å². The summed E-state index contributed by atoms with van der Waals surface area (Å²) in [6.45, 7) is 4.90. The number of rotatable bonds is 3. The van der Waals surface area contributed by atoms with E-state index < -0.39 is 10.0 Å². The fraction of sp³-hybridized carbons (Fsp3) is 1.00. The van der Waals surface area contributed by atoms with Crippen molar-refractivity contribution in [2.75, 3.05) is 18.8 Å². The highest BCUT2D eigenvalue weighted by molar-refractivity contribution is 7.89. The lowest BCUT2D eigenvalue weighted by molar-refractivity contribution is 0.406. The van der Waals surface area contributed by atoms with E-state index in [1.54, 1.807) is 4.31 Å². The van der Waals surface area contributed by atoms with E-state index in [9.17, 15) is 8.42 Å². The molecule has 2 atom stereocenters. The quantitative estimate of drug-likeness (QED) is 0.707. The molecule has 1 rings (SSSR count). The van der Waals surface area contributed by atoms with Gasteiger partial charge in [-0.05, 0) is 19.3 Å². The Morgan fingerprint density at radius 1 is 1.46 bits per heavy atom. The van der Waals surface area contributed by atoms with E-state index in [0.717, 1.165) is 6.42 Å². The van der Waals surface area contributed by atoms with Gasteiger partial charge < -0.3 is 5.73 Å². The molecule has 0 amide bonds. The Hall–Kier alpha value is -0.130. The molecule has 1 fully saturated rings. The predicted molar refractivity (Wildman–Crippen MR) is 52.8 cm³/mol. The van der Waals surface area contributed by atoms with Crippen LogP contribution in [0.5, 0.6) is 0 Å². The lowest BCUT2D eigenvalue weighted by Gasteiger charge is -2.20. The molecular weight excluding hydrogens is 188 g/mol. The lowest BCUT2D eigenvalue weighted by Crippen LogP contribution is -2.37. The Labute approximate surface area is 80.1 Å². The van der Waals surface area contributed by atoms with Gasteiger partial charge >= 0.3 is 0 Å². The minimum absolute atomic E-state index is 0.0735. The fourth-order valence-corrected chi connectivity index (χ4v) is 3.56. The van der Waals surface area contributed by atoms with Crippen LogP contribution in [0.2, 0.25) is 0 Å². The highest BCUT2D eigenvalue weighted by atomic mass is 32.2. The summed E-state index contributed by atoms with van der Waals surface area (Å²) in [6.07, 6.45) is 0.962. The Kier molecular flexibility index (Phi) is 3.32. The van der Waals surface area contributed by atoms with Gasteiger partial charge in [-0.25, -0.2) is 8.42 Å². The van der Waals surface area contributed by atoms with E-state index >= 15 is 0 Å². The third kappa shape index (κ3) is 2.42. The molecule has 0 radical (unpaired) electrons. The van der Waals surface area contributed by atoms with Gasteiger partial charge in [-0.15, -0.1) is 0 Å². The van der Waals surface area contributed by atoms with Crippen molar-refractivity contribution < 1.29 is 8.42 Å². The van der Waals surface area contributed by atoms with E-state index in [0.29, 0.717) is 12.5 Å². The smallest absolute Gasteiger partial charge is 0.215 e. The van der Waals surface area contributed by atoms with Crippen molar-refractivity contribution >= 4 is 10.0 Å². The second-order valence-electron chi connectivity index (χ2n) is 3.86. The third-order valence-electron chi connectivity index (χ3n) is 2.46. The average Bonchev–Trinajstić information content (AvgIpc) is 2.30. The molecule has 2 unspecified atom stereocenters. The van der Waals surface area contributed by atoms with Crippen molar-refractivity contribution in [3.8, 4) is 0 Å². The maximum atomic E-state index is 11.6. The van der Waals surface area contributed by atoms with Crippen LogP contribution in [0.15, 0.2) is 0 Å². The number of nitrogens with two attached hydrogens (primary N) is 1. The van der Waals surface area contributed by atoms with Gasteiger partial charge in [0.15, 0.2) is 0 Å². The van der Waals surface area contributed by atoms with Gasteiger partial charge in [0.25, 0.3) is 0 Å². The SMILES string of the molecule is CC1CC(C)N(S(=O)(=O)CCN)C1. The molecule has 2 N–H and O–H groups in total. The lowest BCUT2D eigenvalue weighted by atomic mass is 10.1. The van der Waals surface area contributed by atoms with Crippen LogP contribution >= 0.6 is 0 Å². The molecule has 13 heavy (non-hydrogen) atoms. The second kappa shape index (κ2) is 3.94. The zero-order chi connectivity index (χ0) is 10.1. The average molecular weight is 206 g/mol. The summed E-state index contributed by atoms with van der Waals surface area (Å²) in [5.74, 6) is 0.548. The third-order valence-corrected chi connectivity index (χ3v) is 4.43.